The maximum absolute atomic E-state index is 4.49. The monoisotopic (exact) mass is 220 g/mol. The summed E-state index contributed by atoms with van der Waals surface area (Å²) in [6.45, 7) is 4.53. The van der Waals surface area contributed by atoms with Gasteiger partial charge in [0.05, 0.1) is 0 Å². The molecule has 1 unspecified atom stereocenters. The standard InChI is InChI=1S/C12H20N4/c1-3-10-5-4-8-16(9-10)11-6-7-14-12(13-2)15-11/h6-7,10H,3-5,8-9H2,1-2H3,(H,13,14,15). The summed E-state index contributed by atoms with van der Waals surface area (Å²) in [5.41, 5.74) is 0. The molecule has 1 aromatic rings. The Hall–Kier alpha value is -1.32. The Kier molecular flexibility index (Phi) is 3.59. The molecule has 88 valence electrons. The Bertz CT molecular complexity index is 340. The highest BCUT2D eigenvalue weighted by Crippen LogP contribution is 2.23. The SMILES string of the molecule is CCC1CCCN(c2ccnc(NC)n2)C1. The number of hydrogen-bond acceptors (Lipinski definition) is 4. The number of anilines is 2. The lowest BCUT2D eigenvalue weighted by Crippen LogP contribution is -2.35. The van der Waals surface area contributed by atoms with E-state index < -0.39 is 0 Å². The van der Waals surface area contributed by atoms with Gasteiger partial charge in [-0.1, -0.05) is 13.3 Å². The van der Waals surface area contributed by atoms with Gasteiger partial charge in [0, 0.05) is 26.3 Å². The molecule has 0 aliphatic carbocycles. The van der Waals surface area contributed by atoms with Crippen LogP contribution in [0.1, 0.15) is 26.2 Å². The van der Waals surface area contributed by atoms with E-state index in [2.05, 4.69) is 27.1 Å². The normalized spacial score (nSPS) is 20.9. The molecule has 2 heterocycles. The lowest BCUT2D eigenvalue weighted by atomic mass is 9.96. The van der Waals surface area contributed by atoms with Gasteiger partial charge >= 0.3 is 0 Å². The van der Waals surface area contributed by atoms with Crippen LogP contribution >= 0.6 is 0 Å². The summed E-state index contributed by atoms with van der Waals surface area (Å²) < 4.78 is 0. The first-order chi connectivity index (χ1) is 7.83. The molecule has 4 nitrogen and oxygen atoms in total. The third-order valence-electron chi connectivity index (χ3n) is 3.28. The van der Waals surface area contributed by atoms with Gasteiger partial charge in [0.2, 0.25) is 5.95 Å². The first kappa shape index (κ1) is 11.2. The quantitative estimate of drug-likeness (QED) is 0.847. The number of aromatic nitrogens is 2. The van der Waals surface area contributed by atoms with Crippen molar-refractivity contribution in [3.05, 3.63) is 12.3 Å². The molecule has 0 bridgehead atoms. The molecule has 1 aromatic heterocycles. The highest BCUT2D eigenvalue weighted by atomic mass is 15.2. The molecule has 0 saturated carbocycles. The van der Waals surface area contributed by atoms with Gasteiger partial charge in [0.15, 0.2) is 0 Å². The van der Waals surface area contributed by atoms with Gasteiger partial charge < -0.3 is 10.2 Å². The van der Waals surface area contributed by atoms with Crippen LogP contribution in [0, 0.1) is 5.92 Å². The predicted octanol–water partition coefficient (Wildman–Crippen LogP) is 2.14. The van der Waals surface area contributed by atoms with Crippen molar-refractivity contribution in [1.82, 2.24) is 9.97 Å². The number of nitrogens with one attached hydrogen (secondary N) is 1. The molecule has 0 spiro atoms. The van der Waals surface area contributed by atoms with E-state index in [9.17, 15) is 0 Å². The van der Waals surface area contributed by atoms with Gasteiger partial charge in [-0.2, -0.15) is 4.98 Å². The van der Waals surface area contributed by atoms with Gasteiger partial charge in [0.1, 0.15) is 5.82 Å². The number of rotatable bonds is 3. The molecule has 16 heavy (non-hydrogen) atoms. The van der Waals surface area contributed by atoms with Crippen molar-refractivity contribution in [2.24, 2.45) is 5.92 Å². The van der Waals surface area contributed by atoms with E-state index in [0.717, 1.165) is 24.8 Å². The Morgan fingerprint density at radius 1 is 1.56 bits per heavy atom. The summed E-state index contributed by atoms with van der Waals surface area (Å²) in [6.07, 6.45) is 5.72. The van der Waals surface area contributed by atoms with E-state index in [1.165, 1.54) is 19.3 Å². The van der Waals surface area contributed by atoms with Crippen LogP contribution in [0.4, 0.5) is 11.8 Å². The van der Waals surface area contributed by atoms with Gasteiger partial charge in [-0.05, 0) is 24.8 Å². The van der Waals surface area contributed by atoms with Crippen molar-refractivity contribution >= 4 is 11.8 Å². The zero-order valence-corrected chi connectivity index (χ0v) is 10.1. The van der Waals surface area contributed by atoms with Crippen molar-refractivity contribution < 1.29 is 0 Å². The molecule has 1 fully saturated rings. The fourth-order valence-corrected chi connectivity index (χ4v) is 2.25. The maximum Gasteiger partial charge on any atom is 0.224 e. The van der Waals surface area contributed by atoms with E-state index in [1.54, 1.807) is 0 Å². The largest absolute Gasteiger partial charge is 0.357 e. The second-order valence-corrected chi connectivity index (χ2v) is 4.35. The Morgan fingerprint density at radius 3 is 3.19 bits per heavy atom. The Balaban J connectivity index is 2.10. The Morgan fingerprint density at radius 2 is 2.44 bits per heavy atom. The number of nitrogens with zero attached hydrogens (tertiary/aromatic N) is 3. The minimum atomic E-state index is 0.705. The molecule has 0 aromatic carbocycles. The van der Waals surface area contributed by atoms with E-state index in [4.69, 9.17) is 0 Å². The van der Waals surface area contributed by atoms with Gasteiger partial charge in [-0.15, -0.1) is 0 Å². The average Bonchev–Trinajstić information content (AvgIpc) is 2.39. The minimum absolute atomic E-state index is 0.705. The number of piperidine rings is 1. The second kappa shape index (κ2) is 5.14. The van der Waals surface area contributed by atoms with Gasteiger partial charge in [-0.3, -0.25) is 0 Å². The van der Waals surface area contributed by atoms with Crippen LogP contribution in [0.25, 0.3) is 0 Å². The minimum Gasteiger partial charge on any atom is -0.357 e. The van der Waals surface area contributed by atoms with E-state index in [-0.39, 0.29) is 0 Å². The summed E-state index contributed by atoms with van der Waals surface area (Å²) in [5, 5.41) is 2.98. The van der Waals surface area contributed by atoms with Gasteiger partial charge in [0.25, 0.3) is 0 Å². The predicted molar refractivity (Wildman–Crippen MR) is 66.8 cm³/mol. The summed E-state index contributed by atoms with van der Waals surface area (Å²) >= 11 is 0. The van der Waals surface area contributed by atoms with Crippen molar-refractivity contribution in [2.45, 2.75) is 26.2 Å². The Labute approximate surface area is 97.1 Å². The molecule has 0 radical (unpaired) electrons. The maximum atomic E-state index is 4.49. The third-order valence-corrected chi connectivity index (χ3v) is 3.28. The first-order valence-corrected chi connectivity index (χ1v) is 6.09. The van der Waals surface area contributed by atoms with Crippen LogP contribution in [0.15, 0.2) is 12.3 Å². The molecule has 0 amide bonds. The molecule has 2 rings (SSSR count). The molecule has 1 saturated heterocycles. The van der Waals surface area contributed by atoms with E-state index >= 15 is 0 Å². The van der Waals surface area contributed by atoms with Crippen molar-refractivity contribution in [3.63, 3.8) is 0 Å². The molecule has 1 aliphatic rings. The van der Waals surface area contributed by atoms with Gasteiger partial charge in [-0.25, -0.2) is 4.98 Å². The van der Waals surface area contributed by atoms with E-state index in [1.807, 2.05) is 19.3 Å². The van der Waals surface area contributed by atoms with Crippen molar-refractivity contribution in [2.75, 3.05) is 30.4 Å². The van der Waals surface area contributed by atoms with Crippen LogP contribution in [-0.4, -0.2) is 30.1 Å². The van der Waals surface area contributed by atoms with Crippen LogP contribution < -0.4 is 10.2 Å². The van der Waals surface area contributed by atoms with Crippen molar-refractivity contribution in [3.8, 4) is 0 Å². The zero-order valence-electron chi connectivity index (χ0n) is 10.1. The molecule has 1 atom stereocenters. The molecule has 1 aliphatic heterocycles. The topological polar surface area (TPSA) is 41.1 Å². The average molecular weight is 220 g/mol. The molecule has 1 N–H and O–H groups in total. The molecular weight excluding hydrogens is 200 g/mol. The molecular formula is C12H20N4. The first-order valence-electron chi connectivity index (χ1n) is 6.09. The highest BCUT2D eigenvalue weighted by molar-refractivity contribution is 5.42. The summed E-state index contributed by atoms with van der Waals surface area (Å²) in [5.74, 6) is 2.58. The lowest BCUT2D eigenvalue weighted by molar-refractivity contribution is 0.403. The number of hydrogen-bond donors (Lipinski definition) is 1. The lowest BCUT2D eigenvalue weighted by Gasteiger charge is -2.33. The van der Waals surface area contributed by atoms with Crippen LogP contribution in [0.2, 0.25) is 0 Å². The second-order valence-electron chi connectivity index (χ2n) is 4.35. The van der Waals surface area contributed by atoms with E-state index in [0.29, 0.717) is 5.95 Å². The van der Waals surface area contributed by atoms with Crippen LogP contribution in [-0.2, 0) is 0 Å². The van der Waals surface area contributed by atoms with Crippen LogP contribution in [0.5, 0.6) is 0 Å². The fourth-order valence-electron chi connectivity index (χ4n) is 2.25. The molecule has 4 heteroatoms. The summed E-state index contributed by atoms with van der Waals surface area (Å²) in [6, 6.07) is 2.00. The van der Waals surface area contributed by atoms with Crippen molar-refractivity contribution in [1.29, 1.82) is 0 Å². The smallest absolute Gasteiger partial charge is 0.224 e. The van der Waals surface area contributed by atoms with Crippen LogP contribution in [0.3, 0.4) is 0 Å². The third kappa shape index (κ3) is 2.43. The summed E-state index contributed by atoms with van der Waals surface area (Å²) in [4.78, 5) is 11.0. The highest BCUT2D eigenvalue weighted by Gasteiger charge is 2.19. The fraction of sp³-hybridized carbons (Fsp3) is 0.667. The summed E-state index contributed by atoms with van der Waals surface area (Å²) in [7, 11) is 1.85. The zero-order chi connectivity index (χ0) is 11.4.